The molecule has 0 radical (unpaired) electrons. The molecule has 0 aromatic carbocycles. The Kier molecular flexibility index (Phi) is 5.27. The quantitative estimate of drug-likeness (QED) is 0.822. The number of hydrogen-bond acceptors (Lipinski definition) is 3. The molecule has 3 heteroatoms. The first kappa shape index (κ1) is 15.3. The third kappa shape index (κ3) is 3.71. The Labute approximate surface area is 119 Å². The molecular formula is C16H33N3. The lowest BCUT2D eigenvalue weighted by Gasteiger charge is -2.40. The van der Waals surface area contributed by atoms with Gasteiger partial charge in [0.15, 0.2) is 0 Å². The van der Waals surface area contributed by atoms with Crippen molar-refractivity contribution in [3.05, 3.63) is 0 Å². The summed E-state index contributed by atoms with van der Waals surface area (Å²) in [6.07, 6.45) is 7.16. The summed E-state index contributed by atoms with van der Waals surface area (Å²) < 4.78 is 0. The van der Waals surface area contributed by atoms with Crippen molar-refractivity contribution < 1.29 is 0 Å². The summed E-state index contributed by atoms with van der Waals surface area (Å²) in [6.45, 7) is 7.47. The Bertz CT molecular complexity index is 266. The first-order valence-corrected chi connectivity index (χ1v) is 8.10. The van der Waals surface area contributed by atoms with Gasteiger partial charge in [0.2, 0.25) is 0 Å². The molecule has 3 nitrogen and oxygen atoms in total. The van der Waals surface area contributed by atoms with Gasteiger partial charge in [0.25, 0.3) is 0 Å². The SMILES string of the molecule is CNCC1(CN2CC(C)C(N(C)C)C2)CCCCC1. The molecule has 19 heavy (non-hydrogen) atoms. The van der Waals surface area contributed by atoms with Crippen LogP contribution in [0.4, 0.5) is 0 Å². The van der Waals surface area contributed by atoms with Crippen LogP contribution in [0.5, 0.6) is 0 Å². The summed E-state index contributed by atoms with van der Waals surface area (Å²) in [6, 6.07) is 0.746. The predicted octanol–water partition coefficient (Wildman–Crippen LogP) is 2.04. The lowest BCUT2D eigenvalue weighted by atomic mass is 9.73. The van der Waals surface area contributed by atoms with Crippen molar-refractivity contribution in [1.29, 1.82) is 0 Å². The van der Waals surface area contributed by atoms with E-state index in [1.165, 1.54) is 58.3 Å². The van der Waals surface area contributed by atoms with E-state index in [4.69, 9.17) is 0 Å². The third-order valence-corrected chi connectivity index (χ3v) is 5.34. The van der Waals surface area contributed by atoms with Gasteiger partial charge in [0.1, 0.15) is 0 Å². The fraction of sp³-hybridized carbons (Fsp3) is 1.00. The number of nitrogens with zero attached hydrogens (tertiary/aromatic N) is 2. The summed E-state index contributed by atoms with van der Waals surface area (Å²) in [5.41, 5.74) is 0.550. The summed E-state index contributed by atoms with van der Waals surface area (Å²) >= 11 is 0. The molecule has 1 aliphatic carbocycles. The minimum atomic E-state index is 0.550. The highest BCUT2D eigenvalue weighted by Crippen LogP contribution is 2.37. The van der Waals surface area contributed by atoms with E-state index in [1.807, 2.05) is 0 Å². The molecule has 0 aromatic rings. The zero-order chi connectivity index (χ0) is 13.9. The molecular weight excluding hydrogens is 234 g/mol. The molecule has 0 aromatic heterocycles. The van der Waals surface area contributed by atoms with E-state index in [-0.39, 0.29) is 0 Å². The van der Waals surface area contributed by atoms with Gasteiger partial charge in [-0.3, -0.25) is 0 Å². The zero-order valence-corrected chi connectivity index (χ0v) is 13.4. The van der Waals surface area contributed by atoms with Crippen LogP contribution in [0.1, 0.15) is 39.0 Å². The highest BCUT2D eigenvalue weighted by Gasteiger charge is 2.38. The summed E-state index contributed by atoms with van der Waals surface area (Å²) in [7, 11) is 6.58. The monoisotopic (exact) mass is 267 g/mol. The molecule has 2 aliphatic rings. The minimum absolute atomic E-state index is 0.550. The van der Waals surface area contributed by atoms with Crippen LogP contribution < -0.4 is 5.32 Å². The largest absolute Gasteiger partial charge is 0.319 e. The van der Waals surface area contributed by atoms with Crippen LogP contribution in [-0.2, 0) is 0 Å². The fourth-order valence-corrected chi connectivity index (χ4v) is 4.39. The molecule has 0 spiro atoms. The molecule has 1 saturated heterocycles. The van der Waals surface area contributed by atoms with Crippen LogP contribution >= 0.6 is 0 Å². The lowest BCUT2D eigenvalue weighted by Crippen LogP contribution is -2.44. The average molecular weight is 267 g/mol. The second kappa shape index (κ2) is 6.55. The Morgan fingerprint density at radius 2 is 1.84 bits per heavy atom. The molecule has 0 amide bonds. The summed E-state index contributed by atoms with van der Waals surface area (Å²) in [5, 5.41) is 3.46. The van der Waals surface area contributed by atoms with E-state index in [0.29, 0.717) is 5.41 Å². The standard InChI is InChI=1S/C16H33N3/c1-14-10-19(11-15(14)18(3)4)13-16(12-17-2)8-6-5-7-9-16/h14-15,17H,5-13H2,1-4H3. The van der Waals surface area contributed by atoms with Gasteiger partial charge in [-0.25, -0.2) is 0 Å². The summed E-state index contributed by atoms with van der Waals surface area (Å²) in [5.74, 6) is 0.810. The van der Waals surface area contributed by atoms with Gasteiger partial charge in [0.05, 0.1) is 0 Å². The molecule has 1 saturated carbocycles. The van der Waals surface area contributed by atoms with E-state index in [9.17, 15) is 0 Å². The van der Waals surface area contributed by atoms with Crippen molar-refractivity contribution in [2.24, 2.45) is 11.3 Å². The number of likely N-dealkylation sites (tertiary alicyclic amines) is 1. The van der Waals surface area contributed by atoms with E-state index in [0.717, 1.165) is 12.0 Å². The van der Waals surface area contributed by atoms with Crippen molar-refractivity contribution in [2.45, 2.75) is 45.1 Å². The second-order valence-electron chi connectivity index (χ2n) is 7.29. The number of nitrogens with one attached hydrogen (secondary N) is 1. The van der Waals surface area contributed by atoms with Crippen molar-refractivity contribution in [1.82, 2.24) is 15.1 Å². The van der Waals surface area contributed by atoms with Crippen LogP contribution in [0, 0.1) is 11.3 Å². The van der Waals surface area contributed by atoms with E-state index < -0.39 is 0 Å². The molecule has 2 fully saturated rings. The maximum Gasteiger partial charge on any atom is 0.0254 e. The molecule has 112 valence electrons. The van der Waals surface area contributed by atoms with Gasteiger partial charge in [-0.15, -0.1) is 0 Å². The first-order chi connectivity index (χ1) is 9.06. The predicted molar refractivity (Wildman–Crippen MR) is 82.5 cm³/mol. The van der Waals surface area contributed by atoms with Crippen LogP contribution in [-0.4, -0.2) is 63.2 Å². The first-order valence-electron chi connectivity index (χ1n) is 8.10. The Morgan fingerprint density at radius 3 is 2.37 bits per heavy atom. The molecule has 0 bridgehead atoms. The van der Waals surface area contributed by atoms with Gasteiger partial charge in [0, 0.05) is 32.2 Å². The molecule has 2 atom stereocenters. The van der Waals surface area contributed by atoms with Gasteiger partial charge in [-0.2, -0.15) is 0 Å². The van der Waals surface area contributed by atoms with Crippen molar-refractivity contribution >= 4 is 0 Å². The fourth-order valence-electron chi connectivity index (χ4n) is 4.39. The summed E-state index contributed by atoms with van der Waals surface area (Å²) in [4.78, 5) is 5.15. The highest BCUT2D eigenvalue weighted by atomic mass is 15.2. The van der Waals surface area contributed by atoms with E-state index in [2.05, 4.69) is 43.2 Å². The topological polar surface area (TPSA) is 18.5 Å². The van der Waals surface area contributed by atoms with Crippen molar-refractivity contribution in [3.63, 3.8) is 0 Å². The maximum absolute atomic E-state index is 3.46. The molecule has 1 heterocycles. The molecule has 1 aliphatic heterocycles. The van der Waals surface area contributed by atoms with Crippen LogP contribution in [0.25, 0.3) is 0 Å². The second-order valence-corrected chi connectivity index (χ2v) is 7.29. The highest BCUT2D eigenvalue weighted by molar-refractivity contribution is 4.93. The maximum atomic E-state index is 3.46. The minimum Gasteiger partial charge on any atom is -0.319 e. The molecule has 2 unspecified atom stereocenters. The van der Waals surface area contributed by atoms with Gasteiger partial charge < -0.3 is 15.1 Å². The van der Waals surface area contributed by atoms with E-state index in [1.54, 1.807) is 0 Å². The van der Waals surface area contributed by atoms with Crippen molar-refractivity contribution in [3.8, 4) is 0 Å². The van der Waals surface area contributed by atoms with Crippen LogP contribution in [0.15, 0.2) is 0 Å². The zero-order valence-electron chi connectivity index (χ0n) is 13.4. The van der Waals surface area contributed by atoms with Gasteiger partial charge >= 0.3 is 0 Å². The van der Waals surface area contributed by atoms with Crippen molar-refractivity contribution in [2.75, 3.05) is 47.3 Å². The normalized spacial score (nSPS) is 32.1. The number of hydrogen-bond donors (Lipinski definition) is 1. The molecule has 2 rings (SSSR count). The third-order valence-electron chi connectivity index (χ3n) is 5.34. The Morgan fingerprint density at radius 1 is 1.16 bits per heavy atom. The number of rotatable bonds is 5. The Hall–Kier alpha value is -0.120. The smallest absolute Gasteiger partial charge is 0.0254 e. The van der Waals surface area contributed by atoms with Gasteiger partial charge in [-0.05, 0) is 45.3 Å². The van der Waals surface area contributed by atoms with Gasteiger partial charge in [-0.1, -0.05) is 26.2 Å². The lowest BCUT2D eigenvalue weighted by molar-refractivity contribution is 0.114. The average Bonchev–Trinajstić information content (AvgIpc) is 2.71. The van der Waals surface area contributed by atoms with Crippen LogP contribution in [0.2, 0.25) is 0 Å². The molecule has 1 N–H and O–H groups in total. The Balaban J connectivity index is 1.95. The van der Waals surface area contributed by atoms with E-state index >= 15 is 0 Å². The number of likely N-dealkylation sites (N-methyl/N-ethyl adjacent to an activating group) is 1. The van der Waals surface area contributed by atoms with Crippen LogP contribution in [0.3, 0.4) is 0 Å².